The van der Waals surface area contributed by atoms with Gasteiger partial charge in [0.1, 0.15) is 18.8 Å². The van der Waals surface area contributed by atoms with Crippen LogP contribution in [0.15, 0.2) is 106 Å². The van der Waals surface area contributed by atoms with Gasteiger partial charge < -0.3 is 51.9 Å². The highest BCUT2D eigenvalue weighted by atomic mass is 127. The smallest absolute Gasteiger partial charge is 0.338 e. The summed E-state index contributed by atoms with van der Waals surface area (Å²) in [5, 5.41) is 11.2. The summed E-state index contributed by atoms with van der Waals surface area (Å²) >= 11 is 2.25. The van der Waals surface area contributed by atoms with E-state index >= 15 is 8.42 Å². The first-order chi connectivity index (χ1) is 36.2. The van der Waals surface area contributed by atoms with Crippen LogP contribution in [-0.2, 0) is 56.6 Å². The summed E-state index contributed by atoms with van der Waals surface area (Å²) < 4.78 is 97.7. The molecule has 0 aliphatic carbocycles. The third-order valence-electron chi connectivity index (χ3n) is 16.4. The molecule has 3 heterocycles. The van der Waals surface area contributed by atoms with Crippen LogP contribution in [-0.4, -0.2) is 149 Å². The Labute approximate surface area is 474 Å². The number of fused-ring (bicyclic) bond motifs is 1. The maximum atomic E-state index is 15.4. The molecule has 0 saturated carbocycles. The van der Waals surface area contributed by atoms with Crippen molar-refractivity contribution >= 4 is 61.0 Å². The first-order valence-electron chi connectivity index (χ1n) is 26.9. The number of aliphatic hydroxyl groups is 1. The summed E-state index contributed by atoms with van der Waals surface area (Å²) in [7, 11) is -4.64. The molecule has 3 saturated heterocycles. The van der Waals surface area contributed by atoms with E-state index in [2.05, 4.69) is 96.4 Å². The van der Waals surface area contributed by atoms with Gasteiger partial charge in [0, 0.05) is 52.9 Å². The van der Waals surface area contributed by atoms with Gasteiger partial charge in [-0.25, -0.2) is 18.0 Å². The van der Waals surface area contributed by atoms with Crippen LogP contribution in [0.25, 0.3) is 0 Å². The van der Waals surface area contributed by atoms with Gasteiger partial charge in [0.2, 0.25) is 0 Å². The molecule has 15 nitrogen and oxygen atoms in total. The minimum Gasteiger partial charge on any atom is -0.458 e. The molecule has 0 bridgehead atoms. The van der Waals surface area contributed by atoms with E-state index in [-0.39, 0.29) is 64.7 Å². The quantitative estimate of drug-likeness (QED) is 0.0387. The number of halogens is 1. The van der Waals surface area contributed by atoms with Crippen LogP contribution in [0.3, 0.4) is 0 Å². The lowest BCUT2D eigenvalue weighted by Crippen LogP contribution is -2.60. The molecule has 3 aliphatic rings. The molecule has 428 valence electrons. The number of ether oxygens (including phenoxy) is 8. The Hall–Kier alpha value is -2.91. The number of esters is 2. The highest BCUT2D eigenvalue weighted by Gasteiger charge is 2.57. The fraction of sp³-hybridized carbons (Fsp3) is 0.621. The van der Waals surface area contributed by atoms with E-state index in [1.165, 1.54) is 33.5 Å². The maximum Gasteiger partial charge on any atom is 0.338 e. The Bertz CT molecular complexity index is 2470. The Balaban J connectivity index is 1.33. The number of carbonyl (C=O) groups excluding carboxylic acids is 2. The zero-order valence-corrected chi connectivity index (χ0v) is 52.3. The van der Waals surface area contributed by atoms with Crippen LogP contribution in [0.1, 0.15) is 101 Å². The second kappa shape index (κ2) is 27.2. The van der Waals surface area contributed by atoms with Gasteiger partial charge in [-0.2, -0.15) is 0 Å². The Kier molecular flexibility index (Phi) is 22.4. The summed E-state index contributed by atoms with van der Waals surface area (Å²) in [5.41, 5.74) is 0.586. The van der Waals surface area contributed by atoms with Crippen molar-refractivity contribution in [3.05, 3.63) is 112 Å². The Morgan fingerprint density at radius 3 is 1.86 bits per heavy atom. The first-order valence-corrected chi connectivity index (χ1v) is 35.5. The average Bonchev–Trinajstić information content (AvgIpc) is 3.71. The van der Waals surface area contributed by atoms with Crippen molar-refractivity contribution in [2.24, 2.45) is 5.92 Å². The van der Waals surface area contributed by atoms with Crippen LogP contribution >= 0.6 is 22.6 Å². The summed E-state index contributed by atoms with van der Waals surface area (Å²) in [5.74, 6) is -2.33. The van der Waals surface area contributed by atoms with Crippen molar-refractivity contribution in [3.63, 3.8) is 0 Å². The summed E-state index contributed by atoms with van der Waals surface area (Å²) in [6.45, 7) is 21.9. The van der Waals surface area contributed by atoms with Gasteiger partial charge in [-0.15, -0.1) is 0 Å². The molecule has 19 heteroatoms. The van der Waals surface area contributed by atoms with Crippen LogP contribution in [0.2, 0.25) is 36.3 Å². The number of benzene rings is 3. The highest BCUT2D eigenvalue weighted by molar-refractivity contribution is 14.1. The van der Waals surface area contributed by atoms with E-state index < -0.39 is 105 Å². The summed E-state index contributed by atoms with van der Waals surface area (Å²) in [6.07, 6.45) is -5.15. The fourth-order valence-electron chi connectivity index (χ4n) is 10.2. The van der Waals surface area contributed by atoms with Crippen molar-refractivity contribution in [1.82, 2.24) is 0 Å². The number of methoxy groups -OCH3 is 3. The molecule has 3 aromatic carbocycles. The highest BCUT2D eigenvalue weighted by Crippen LogP contribution is 2.46. The van der Waals surface area contributed by atoms with Crippen molar-refractivity contribution in [2.75, 3.05) is 27.9 Å². The Morgan fingerprint density at radius 2 is 1.31 bits per heavy atom. The topological polar surface area (TPSA) is 181 Å². The minimum atomic E-state index is -4.39. The second-order valence-corrected chi connectivity index (χ2v) is 36.0. The number of rotatable bonds is 24. The molecule has 0 amide bonds. The molecule has 3 aliphatic heterocycles. The first kappa shape index (κ1) is 63.3. The number of carbonyl (C=O) groups is 2. The number of hydrogen-bond acceptors (Lipinski definition) is 15. The molecular weight excluding hydrogens is 1150 g/mol. The molecule has 0 radical (unpaired) electrons. The van der Waals surface area contributed by atoms with Gasteiger partial charge in [0.25, 0.3) is 0 Å². The van der Waals surface area contributed by atoms with E-state index in [0.717, 1.165) is 0 Å². The molecular formula is C58H85IO15SSi2. The maximum absolute atomic E-state index is 15.4. The largest absolute Gasteiger partial charge is 0.458 e. The molecule has 0 spiro atoms. The standard InChI is InChI=1S/C58H85IO15SSi2/c1-57(2,3)76(10,11)73-45(31-32-59)52-49(74-77(12,13)58(4,5)6)35-46-44(72-52)30-29-40(69-46)33-43(60)54(75(63,64)42-27-21-16-22-28-42)51-47(36-50(65-7)66-8)71-48(53(51)67-9)34-41(70-56(62)39-25-19-15-20-26-39)37-68-55(61)38-23-17-14-18-24-38/h14-28,31-32,40-41,43-54,60H,29-30,33-37H2,1-13H3/b32-31+/t40-,41+,43?,44+,45+,46-,47+,48?,49?,51+,52+,53+,54?/m1/s1. The third kappa shape index (κ3) is 16.0. The van der Waals surface area contributed by atoms with Crippen LogP contribution in [0.4, 0.5) is 0 Å². The number of aliphatic hydroxyl groups excluding tert-OH is 1. The lowest BCUT2D eigenvalue weighted by atomic mass is 9.84. The molecule has 13 atom stereocenters. The molecule has 1 N–H and O–H groups in total. The monoisotopic (exact) mass is 1240 g/mol. The molecule has 4 unspecified atom stereocenters. The van der Waals surface area contributed by atoms with Crippen molar-refractivity contribution < 1.29 is 69.9 Å². The fourth-order valence-corrected chi connectivity index (χ4v) is 15.3. The minimum absolute atomic E-state index is 0.00984. The van der Waals surface area contributed by atoms with Gasteiger partial charge in [-0.1, -0.05) is 119 Å². The zero-order valence-electron chi connectivity index (χ0n) is 47.3. The number of sulfone groups is 1. The number of hydrogen-bond donors (Lipinski definition) is 1. The van der Waals surface area contributed by atoms with Crippen LogP contribution < -0.4 is 0 Å². The Morgan fingerprint density at radius 1 is 0.740 bits per heavy atom. The molecule has 3 aromatic rings. The van der Waals surface area contributed by atoms with E-state index in [1.54, 1.807) is 78.9 Å². The molecule has 6 rings (SSSR count). The van der Waals surface area contributed by atoms with Crippen LogP contribution in [0, 0.1) is 5.92 Å². The van der Waals surface area contributed by atoms with Gasteiger partial charge in [-0.05, 0) is 95.7 Å². The van der Waals surface area contributed by atoms with Crippen molar-refractivity contribution in [1.29, 1.82) is 0 Å². The predicted octanol–water partition coefficient (Wildman–Crippen LogP) is 10.9. The van der Waals surface area contributed by atoms with Gasteiger partial charge in [0.05, 0.1) is 76.2 Å². The van der Waals surface area contributed by atoms with E-state index in [1.807, 2.05) is 4.08 Å². The second-order valence-electron chi connectivity index (χ2n) is 23.7. The SMILES string of the molecule is COC(C[C@@H]1OC(C[C@@H](COC(=O)c2ccccc2)OC(=O)c2ccccc2)[C@H](OC)[C@H]1C(C(O)C[C@H]1CC[C@@H]2O[C@@H]([C@H](/C=C/I)O[Si](C)(C)C(C)(C)C)C(O[Si](C)(C)C(C)(C)C)C[C@H]2O1)S(=O)(=O)c1ccccc1)OC. The lowest BCUT2D eigenvalue weighted by molar-refractivity contribution is -0.231. The molecule has 77 heavy (non-hydrogen) atoms. The van der Waals surface area contributed by atoms with Crippen molar-refractivity contribution in [3.8, 4) is 0 Å². The van der Waals surface area contributed by atoms with E-state index in [0.29, 0.717) is 24.8 Å². The third-order valence-corrected chi connectivity index (χ3v) is 28.1. The van der Waals surface area contributed by atoms with Crippen molar-refractivity contribution in [2.45, 2.75) is 200 Å². The van der Waals surface area contributed by atoms with Gasteiger partial charge in [-0.3, -0.25) is 0 Å². The molecule has 0 aromatic heterocycles. The van der Waals surface area contributed by atoms with E-state index in [4.69, 9.17) is 46.7 Å². The zero-order chi connectivity index (χ0) is 56.5. The molecule has 3 fully saturated rings. The van der Waals surface area contributed by atoms with Crippen LogP contribution in [0.5, 0.6) is 0 Å². The predicted molar refractivity (Wildman–Crippen MR) is 309 cm³/mol. The van der Waals surface area contributed by atoms with Gasteiger partial charge in [0.15, 0.2) is 32.8 Å². The van der Waals surface area contributed by atoms with Gasteiger partial charge >= 0.3 is 11.9 Å². The summed E-state index contributed by atoms with van der Waals surface area (Å²) in [4.78, 5) is 27.0. The summed E-state index contributed by atoms with van der Waals surface area (Å²) in [6, 6.07) is 24.9. The normalized spacial score (nSPS) is 26.2. The average molecular weight is 1240 g/mol. The lowest BCUT2D eigenvalue weighted by Gasteiger charge is -2.51. The van der Waals surface area contributed by atoms with E-state index in [9.17, 15) is 14.7 Å².